The average Bonchev–Trinajstić information content (AvgIpc) is 3.05. The van der Waals surface area contributed by atoms with Gasteiger partial charge in [-0.15, -0.1) is 11.3 Å². The van der Waals surface area contributed by atoms with E-state index in [1.54, 1.807) is 17.5 Å². The number of hydrogen-bond donors (Lipinski definition) is 0. The van der Waals surface area contributed by atoms with Crippen LogP contribution in [0.15, 0.2) is 35.8 Å². The first-order valence-electron chi connectivity index (χ1n) is 7.43. The molecule has 4 heterocycles. The van der Waals surface area contributed by atoms with E-state index in [-0.39, 0.29) is 5.91 Å². The van der Waals surface area contributed by atoms with Crippen molar-refractivity contribution in [1.82, 2.24) is 14.9 Å². The second-order valence-electron chi connectivity index (χ2n) is 5.62. The maximum absolute atomic E-state index is 12.5. The second-order valence-corrected chi connectivity index (χ2v) is 7.08. The number of thiophene rings is 1. The van der Waals surface area contributed by atoms with Gasteiger partial charge >= 0.3 is 0 Å². The molecule has 1 aliphatic rings. The summed E-state index contributed by atoms with van der Waals surface area (Å²) in [6.45, 7) is 1.32. The quantitative estimate of drug-likeness (QED) is 0.715. The molecule has 4 nitrogen and oxygen atoms in total. The summed E-state index contributed by atoms with van der Waals surface area (Å²) in [5.41, 5.74) is 2.84. The van der Waals surface area contributed by atoms with E-state index in [4.69, 9.17) is 11.6 Å². The van der Waals surface area contributed by atoms with Gasteiger partial charge < -0.3 is 4.90 Å². The molecule has 0 bridgehead atoms. The van der Waals surface area contributed by atoms with Crippen LogP contribution in [0.2, 0.25) is 5.02 Å². The molecule has 0 unspecified atom stereocenters. The molecule has 0 aromatic carbocycles. The van der Waals surface area contributed by atoms with Crippen LogP contribution in [-0.2, 0) is 24.2 Å². The third-order valence-electron chi connectivity index (χ3n) is 4.04. The highest BCUT2D eigenvalue weighted by Gasteiger charge is 2.22. The molecule has 0 saturated heterocycles. The molecular formula is C17H14ClN3OS. The molecule has 1 amide bonds. The molecule has 0 aliphatic carbocycles. The number of carbonyl (C=O) groups excluding carboxylic acids is 1. The lowest BCUT2D eigenvalue weighted by atomic mass is 10.0. The number of fused-ring (bicyclic) bond motifs is 2. The number of carbonyl (C=O) groups is 1. The summed E-state index contributed by atoms with van der Waals surface area (Å²) in [6, 6.07) is 7.90. The van der Waals surface area contributed by atoms with Crippen molar-refractivity contribution < 1.29 is 4.79 Å². The van der Waals surface area contributed by atoms with Crippen molar-refractivity contribution in [2.75, 3.05) is 6.54 Å². The lowest BCUT2D eigenvalue weighted by molar-refractivity contribution is -0.131. The maximum atomic E-state index is 12.5. The third-order valence-corrected chi connectivity index (χ3v) is 5.12. The Kier molecular flexibility index (Phi) is 3.75. The second kappa shape index (κ2) is 5.91. The van der Waals surface area contributed by atoms with Crippen molar-refractivity contribution in [1.29, 1.82) is 0 Å². The lowest BCUT2D eigenvalue weighted by Crippen LogP contribution is -2.37. The standard InChI is InChI=1S/C17H14ClN3OS/c18-13-7-11-6-12-10-21(16(22)8-14-2-1-5-23-14)4-3-15(12)20-17(11)19-9-13/h1-2,5-7,9H,3-4,8,10H2. The van der Waals surface area contributed by atoms with Crippen LogP contribution >= 0.6 is 22.9 Å². The van der Waals surface area contributed by atoms with E-state index in [0.717, 1.165) is 27.9 Å². The summed E-state index contributed by atoms with van der Waals surface area (Å²) in [4.78, 5) is 24.4. The van der Waals surface area contributed by atoms with E-state index in [0.29, 0.717) is 30.2 Å². The number of hydrogen-bond acceptors (Lipinski definition) is 4. The molecule has 0 spiro atoms. The molecule has 4 rings (SSSR count). The van der Waals surface area contributed by atoms with E-state index in [1.807, 2.05) is 28.5 Å². The molecule has 0 atom stereocenters. The van der Waals surface area contributed by atoms with Gasteiger partial charge in [0.05, 0.1) is 11.4 Å². The smallest absolute Gasteiger partial charge is 0.228 e. The Morgan fingerprint density at radius 1 is 1.39 bits per heavy atom. The Labute approximate surface area is 142 Å². The van der Waals surface area contributed by atoms with Gasteiger partial charge in [-0.2, -0.15) is 0 Å². The zero-order valence-corrected chi connectivity index (χ0v) is 13.9. The van der Waals surface area contributed by atoms with Crippen LogP contribution in [0.25, 0.3) is 11.0 Å². The van der Waals surface area contributed by atoms with Crippen LogP contribution in [0, 0.1) is 0 Å². The largest absolute Gasteiger partial charge is 0.338 e. The minimum absolute atomic E-state index is 0.169. The predicted molar refractivity (Wildman–Crippen MR) is 91.7 cm³/mol. The summed E-state index contributed by atoms with van der Waals surface area (Å²) in [6.07, 6.45) is 2.86. The summed E-state index contributed by atoms with van der Waals surface area (Å²) in [5, 5.41) is 3.52. The molecule has 1 aliphatic heterocycles. The fraction of sp³-hybridized carbons (Fsp3) is 0.235. The van der Waals surface area contributed by atoms with Gasteiger partial charge in [0.1, 0.15) is 0 Å². The SMILES string of the molecule is O=C(Cc1cccs1)N1CCc2nc3ncc(Cl)cc3cc2C1. The highest BCUT2D eigenvalue weighted by molar-refractivity contribution is 7.10. The average molecular weight is 344 g/mol. The van der Waals surface area contributed by atoms with Gasteiger partial charge in [-0.25, -0.2) is 9.97 Å². The Morgan fingerprint density at radius 2 is 2.30 bits per heavy atom. The van der Waals surface area contributed by atoms with Crippen molar-refractivity contribution >= 4 is 39.9 Å². The molecule has 0 N–H and O–H groups in total. The van der Waals surface area contributed by atoms with Gasteiger partial charge in [-0.3, -0.25) is 4.79 Å². The fourth-order valence-electron chi connectivity index (χ4n) is 2.88. The first-order valence-corrected chi connectivity index (χ1v) is 8.69. The summed E-state index contributed by atoms with van der Waals surface area (Å²) < 4.78 is 0. The number of halogens is 1. The van der Waals surface area contributed by atoms with Crippen LogP contribution in [0.1, 0.15) is 16.1 Å². The number of amides is 1. The van der Waals surface area contributed by atoms with Crippen LogP contribution in [0.3, 0.4) is 0 Å². The first kappa shape index (κ1) is 14.6. The van der Waals surface area contributed by atoms with E-state index < -0.39 is 0 Å². The van der Waals surface area contributed by atoms with Gasteiger partial charge in [0.2, 0.25) is 5.91 Å². The predicted octanol–water partition coefficient (Wildman–Crippen LogP) is 3.47. The molecule has 0 saturated carbocycles. The highest BCUT2D eigenvalue weighted by Crippen LogP contribution is 2.24. The molecule has 0 fully saturated rings. The number of pyridine rings is 2. The van der Waals surface area contributed by atoms with Crippen LogP contribution in [0.5, 0.6) is 0 Å². The Bertz CT molecular complexity index is 879. The lowest BCUT2D eigenvalue weighted by Gasteiger charge is -2.28. The van der Waals surface area contributed by atoms with Crippen LogP contribution in [0.4, 0.5) is 0 Å². The van der Waals surface area contributed by atoms with Crippen LogP contribution < -0.4 is 0 Å². The van der Waals surface area contributed by atoms with Gasteiger partial charge in [0, 0.05) is 41.7 Å². The minimum Gasteiger partial charge on any atom is -0.338 e. The molecule has 116 valence electrons. The zero-order valence-electron chi connectivity index (χ0n) is 12.3. The molecule has 3 aromatic rings. The summed E-state index contributed by atoms with van der Waals surface area (Å²) in [7, 11) is 0. The van der Waals surface area contributed by atoms with Gasteiger partial charge in [-0.05, 0) is 29.1 Å². The monoisotopic (exact) mass is 343 g/mol. The van der Waals surface area contributed by atoms with Crippen LogP contribution in [-0.4, -0.2) is 27.3 Å². The van der Waals surface area contributed by atoms with E-state index in [1.165, 1.54) is 0 Å². The topological polar surface area (TPSA) is 46.1 Å². The zero-order chi connectivity index (χ0) is 15.8. The van der Waals surface area contributed by atoms with Crippen molar-refractivity contribution in [3.05, 3.63) is 57.0 Å². The van der Waals surface area contributed by atoms with Crippen molar-refractivity contribution in [3.63, 3.8) is 0 Å². The fourth-order valence-corrected chi connectivity index (χ4v) is 3.75. The molecule has 23 heavy (non-hydrogen) atoms. The Morgan fingerprint density at radius 3 is 3.13 bits per heavy atom. The molecule has 6 heteroatoms. The van der Waals surface area contributed by atoms with Crippen molar-refractivity contribution in [2.45, 2.75) is 19.4 Å². The highest BCUT2D eigenvalue weighted by atomic mass is 35.5. The first-order chi connectivity index (χ1) is 11.2. The Hall–Kier alpha value is -1.98. The minimum atomic E-state index is 0.169. The number of rotatable bonds is 2. The molecule has 3 aromatic heterocycles. The number of nitrogens with zero attached hydrogens (tertiary/aromatic N) is 3. The van der Waals surface area contributed by atoms with Gasteiger partial charge in [0.25, 0.3) is 0 Å². The summed E-state index contributed by atoms with van der Waals surface area (Å²) >= 11 is 7.63. The van der Waals surface area contributed by atoms with E-state index >= 15 is 0 Å². The normalized spacial score (nSPS) is 14.0. The molecule has 0 radical (unpaired) electrons. The maximum Gasteiger partial charge on any atom is 0.228 e. The van der Waals surface area contributed by atoms with E-state index in [2.05, 4.69) is 16.0 Å². The van der Waals surface area contributed by atoms with E-state index in [9.17, 15) is 4.79 Å². The third kappa shape index (κ3) is 2.94. The molecular weight excluding hydrogens is 330 g/mol. The van der Waals surface area contributed by atoms with Gasteiger partial charge in [0.15, 0.2) is 5.65 Å². The van der Waals surface area contributed by atoms with Gasteiger partial charge in [-0.1, -0.05) is 17.7 Å². The Balaban J connectivity index is 1.59. The number of aromatic nitrogens is 2. The van der Waals surface area contributed by atoms with Crippen molar-refractivity contribution in [2.24, 2.45) is 0 Å². The van der Waals surface area contributed by atoms with Crippen molar-refractivity contribution in [3.8, 4) is 0 Å². The summed E-state index contributed by atoms with van der Waals surface area (Å²) in [5.74, 6) is 0.169.